The third-order valence-electron chi connectivity index (χ3n) is 6.08. The second kappa shape index (κ2) is 8.49. The number of hydrogen-bond donors (Lipinski definition) is 1. The van der Waals surface area contributed by atoms with Gasteiger partial charge in [0, 0.05) is 6.20 Å². The van der Waals surface area contributed by atoms with Crippen LogP contribution in [0.4, 0.5) is 5.69 Å². The van der Waals surface area contributed by atoms with Crippen molar-refractivity contribution in [3.05, 3.63) is 46.3 Å². The highest BCUT2D eigenvalue weighted by Gasteiger charge is 2.46. The zero-order chi connectivity index (χ0) is 24.1. The lowest BCUT2D eigenvalue weighted by Gasteiger charge is -2.37. The number of pyridine rings is 1. The van der Waals surface area contributed by atoms with E-state index in [-0.39, 0.29) is 63.8 Å². The largest absolute Gasteiger partial charge is 0.474 e. The molecule has 1 aliphatic carbocycles. The first-order chi connectivity index (χ1) is 16.2. The minimum absolute atomic E-state index is 0.0106. The zero-order valence-corrected chi connectivity index (χ0v) is 19.9. The summed E-state index contributed by atoms with van der Waals surface area (Å²) in [5.74, 6) is -0.418. The van der Waals surface area contributed by atoms with Gasteiger partial charge in [-0.2, -0.15) is 4.98 Å². The summed E-state index contributed by atoms with van der Waals surface area (Å²) in [6.07, 6.45) is 3.35. The van der Waals surface area contributed by atoms with Crippen LogP contribution in [0.3, 0.4) is 0 Å². The summed E-state index contributed by atoms with van der Waals surface area (Å²) in [6.45, 7) is -0.148. The molecule has 0 radical (unpaired) electrons. The van der Waals surface area contributed by atoms with Crippen molar-refractivity contribution >= 4 is 44.7 Å². The van der Waals surface area contributed by atoms with E-state index in [1.54, 1.807) is 0 Å². The quantitative estimate of drug-likeness (QED) is 0.481. The molecule has 1 saturated carbocycles. The summed E-state index contributed by atoms with van der Waals surface area (Å²) in [7, 11) is -4.02. The molecular formula is C21H18Cl2N4O6S. The molecule has 178 valence electrons. The Bertz CT molecular complexity index is 1380. The molecule has 1 aliphatic heterocycles. The summed E-state index contributed by atoms with van der Waals surface area (Å²) in [6, 6.07) is 5.54. The van der Waals surface area contributed by atoms with Gasteiger partial charge >= 0.3 is 0 Å². The molecule has 1 N–H and O–H groups in total. The maximum atomic E-state index is 13.4. The summed E-state index contributed by atoms with van der Waals surface area (Å²) in [5.41, 5.74) is -0.392. The number of ether oxygens (including phenoxy) is 1. The number of ketones is 1. The third-order valence-corrected chi connectivity index (χ3v) is 8.63. The smallest absolute Gasteiger partial charge is 0.264 e. The molecule has 13 heteroatoms. The van der Waals surface area contributed by atoms with Gasteiger partial charge in [0.15, 0.2) is 0 Å². The number of carbonyl (C=O) groups excluding carboxylic acids is 1. The van der Waals surface area contributed by atoms with Gasteiger partial charge in [-0.05, 0) is 37.1 Å². The molecule has 1 aromatic carbocycles. The maximum absolute atomic E-state index is 13.4. The van der Waals surface area contributed by atoms with E-state index in [2.05, 4.69) is 15.1 Å². The SMILES string of the molecule is O=C(c1noc(-c2cnc3c(c2)N(S(=O)(=O)c2ccc(Cl)c(Cl)c2)CCO3)n1)C1(CO)CCC1. The van der Waals surface area contributed by atoms with Crippen molar-refractivity contribution in [3.8, 4) is 17.3 Å². The predicted octanol–water partition coefficient (Wildman–Crippen LogP) is 3.37. The zero-order valence-electron chi connectivity index (χ0n) is 17.6. The number of aliphatic hydroxyl groups excluding tert-OH is 1. The molecule has 34 heavy (non-hydrogen) atoms. The number of nitrogens with zero attached hydrogens (tertiary/aromatic N) is 4. The minimum Gasteiger partial charge on any atom is -0.474 e. The standard InChI is InChI=1S/C21H18Cl2N4O6S/c22-14-3-2-13(9-15(14)23)34(30,31)27-6-7-32-20-16(27)8-12(10-24-20)19-25-18(26-33-19)17(29)21(11-28)4-1-5-21/h2-3,8-10,28H,1,4-7,11H2. The van der Waals surface area contributed by atoms with Crippen LogP contribution in [0.5, 0.6) is 5.88 Å². The highest BCUT2D eigenvalue weighted by atomic mass is 35.5. The monoisotopic (exact) mass is 524 g/mol. The van der Waals surface area contributed by atoms with Gasteiger partial charge in [0.1, 0.15) is 12.3 Å². The van der Waals surface area contributed by atoms with E-state index in [9.17, 15) is 18.3 Å². The number of sulfonamides is 1. The lowest BCUT2D eigenvalue weighted by molar-refractivity contribution is 0.0334. The molecule has 2 aliphatic rings. The summed E-state index contributed by atoms with van der Waals surface area (Å²) < 4.78 is 38.7. The normalized spacial score (nSPS) is 17.0. The Labute approximate surface area is 204 Å². The Morgan fingerprint density at radius 2 is 2.00 bits per heavy atom. The van der Waals surface area contributed by atoms with Crippen LogP contribution in [0.1, 0.15) is 29.9 Å². The molecule has 0 saturated heterocycles. The fourth-order valence-corrected chi connectivity index (χ4v) is 5.77. The Kier molecular flexibility index (Phi) is 5.75. The van der Waals surface area contributed by atoms with Crippen molar-refractivity contribution in [2.75, 3.05) is 24.1 Å². The fourth-order valence-electron chi connectivity index (χ4n) is 3.94. The Balaban J connectivity index is 1.50. The van der Waals surface area contributed by atoms with Crippen LogP contribution in [0.2, 0.25) is 10.0 Å². The summed E-state index contributed by atoms with van der Waals surface area (Å²) in [4.78, 5) is 21.1. The second-order valence-corrected chi connectivity index (χ2v) is 10.8. The Morgan fingerprint density at radius 3 is 2.68 bits per heavy atom. The number of Topliss-reactive ketones (excluding diaryl/α,β-unsaturated/α-hetero) is 1. The van der Waals surface area contributed by atoms with E-state index in [4.69, 9.17) is 32.5 Å². The van der Waals surface area contributed by atoms with Gasteiger partial charge in [-0.1, -0.05) is 34.8 Å². The fraction of sp³-hybridized carbons (Fsp3) is 0.333. The van der Waals surface area contributed by atoms with Crippen LogP contribution in [0.25, 0.3) is 11.5 Å². The van der Waals surface area contributed by atoms with Crippen molar-refractivity contribution in [3.63, 3.8) is 0 Å². The molecule has 0 bridgehead atoms. The number of anilines is 1. The predicted molar refractivity (Wildman–Crippen MR) is 122 cm³/mol. The number of benzene rings is 1. The lowest BCUT2D eigenvalue weighted by Crippen LogP contribution is -2.41. The number of carbonyl (C=O) groups is 1. The van der Waals surface area contributed by atoms with E-state index in [1.807, 2.05) is 0 Å². The topological polar surface area (TPSA) is 136 Å². The van der Waals surface area contributed by atoms with Crippen LogP contribution in [-0.4, -0.2) is 54.2 Å². The number of rotatable bonds is 6. The van der Waals surface area contributed by atoms with Gasteiger partial charge in [0.2, 0.25) is 17.5 Å². The molecular weight excluding hydrogens is 507 g/mol. The molecule has 1 fully saturated rings. The first kappa shape index (κ1) is 23.0. The Hall–Kier alpha value is -2.73. The number of halogens is 2. The van der Waals surface area contributed by atoms with Crippen molar-refractivity contribution in [2.45, 2.75) is 24.2 Å². The van der Waals surface area contributed by atoms with Gasteiger partial charge in [0.05, 0.1) is 39.1 Å². The van der Waals surface area contributed by atoms with E-state index >= 15 is 0 Å². The molecule has 0 unspecified atom stereocenters. The van der Waals surface area contributed by atoms with Crippen LogP contribution < -0.4 is 9.04 Å². The molecule has 3 heterocycles. The third kappa shape index (κ3) is 3.72. The summed E-state index contributed by atoms with van der Waals surface area (Å²) >= 11 is 12.0. The molecule has 0 spiro atoms. The van der Waals surface area contributed by atoms with Gasteiger partial charge < -0.3 is 14.4 Å². The molecule has 5 rings (SSSR count). The first-order valence-electron chi connectivity index (χ1n) is 10.4. The van der Waals surface area contributed by atoms with Crippen LogP contribution >= 0.6 is 23.2 Å². The molecule has 2 aromatic heterocycles. The average molecular weight is 525 g/mol. The van der Waals surface area contributed by atoms with Crippen molar-refractivity contribution in [2.24, 2.45) is 5.41 Å². The molecule has 0 atom stereocenters. The van der Waals surface area contributed by atoms with Crippen molar-refractivity contribution in [1.82, 2.24) is 15.1 Å². The van der Waals surface area contributed by atoms with Gasteiger partial charge in [0.25, 0.3) is 15.9 Å². The number of fused-ring (bicyclic) bond motifs is 1. The molecule has 0 amide bonds. The van der Waals surface area contributed by atoms with E-state index < -0.39 is 15.4 Å². The van der Waals surface area contributed by atoms with Crippen LogP contribution in [0.15, 0.2) is 39.9 Å². The number of hydrogen-bond acceptors (Lipinski definition) is 9. The van der Waals surface area contributed by atoms with Crippen molar-refractivity contribution in [1.29, 1.82) is 0 Å². The van der Waals surface area contributed by atoms with Gasteiger partial charge in [-0.25, -0.2) is 13.4 Å². The highest BCUT2D eigenvalue weighted by Crippen LogP contribution is 2.43. The van der Waals surface area contributed by atoms with Crippen LogP contribution in [-0.2, 0) is 10.0 Å². The number of aromatic nitrogens is 3. The molecule has 3 aromatic rings. The second-order valence-electron chi connectivity index (χ2n) is 8.09. The summed E-state index contributed by atoms with van der Waals surface area (Å²) in [5, 5.41) is 13.8. The van der Waals surface area contributed by atoms with E-state index in [1.165, 1.54) is 30.5 Å². The van der Waals surface area contributed by atoms with Crippen LogP contribution in [0, 0.1) is 5.41 Å². The van der Waals surface area contributed by atoms with Gasteiger partial charge in [-0.15, -0.1) is 0 Å². The minimum atomic E-state index is -4.02. The number of aliphatic hydroxyl groups is 1. The maximum Gasteiger partial charge on any atom is 0.264 e. The highest BCUT2D eigenvalue weighted by molar-refractivity contribution is 7.92. The lowest BCUT2D eigenvalue weighted by atomic mass is 9.66. The van der Waals surface area contributed by atoms with Gasteiger partial charge in [-0.3, -0.25) is 9.10 Å². The molecule has 10 nitrogen and oxygen atoms in total. The average Bonchev–Trinajstić information content (AvgIpc) is 3.30. The van der Waals surface area contributed by atoms with Crippen molar-refractivity contribution < 1.29 is 27.6 Å². The van der Waals surface area contributed by atoms with E-state index in [0.29, 0.717) is 18.4 Å². The Morgan fingerprint density at radius 1 is 1.21 bits per heavy atom. The first-order valence-corrected chi connectivity index (χ1v) is 12.6. The van der Waals surface area contributed by atoms with E-state index in [0.717, 1.165) is 10.7 Å².